The van der Waals surface area contributed by atoms with E-state index in [1.54, 1.807) is 11.8 Å². The highest BCUT2D eigenvalue weighted by molar-refractivity contribution is 8.00. The molecule has 0 aromatic carbocycles. The highest BCUT2D eigenvalue weighted by atomic mass is 35.5. The normalized spacial score (nSPS) is 25.8. The molecular weight excluding hydrogens is 218 g/mol. The first kappa shape index (κ1) is 12.2. The summed E-state index contributed by atoms with van der Waals surface area (Å²) in [6, 6.07) is 0. The highest BCUT2D eigenvalue weighted by Crippen LogP contribution is 2.27. The molecule has 2 atom stereocenters. The quantitative estimate of drug-likeness (QED) is 0.759. The van der Waals surface area contributed by atoms with Gasteiger partial charge in [0, 0.05) is 5.88 Å². The molecule has 2 unspecified atom stereocenters. The summed E-state index contributed by atoms with van der Waals surface area (Å²) in [5.41, 5.74) is -0.234. The zero-order valence-corrected chi connectivity index (χ0v) is 10.4. The Labute approximate surface area is 95.2 Å². The first-order valence-electron chi connectivity index (χ1n) is 5.11. The van der Waals surface area contributed by atoms with Crippen LogP contribution < -0.4 is 5.32 Å². The second kappa shape index (κ2) is 5.26. The Balaban J connectivity index is 2.45. The van der Waals surface area contributed by atoms with Gasteiger partial charge in [-0.15, -0.1) is 23.4 Å². The van der Waals surface area contributed by atoms with Crippen molar-refractivity contribution in [3.63, 3.8) is 0 Å². The van der Waals surface area contributed by atoms with Gasteiger partial charge in [-0.25, -0.2) is 0 Å². The van der Waals surface area contributed by atoms with Crippen LogP contribution in [-0.4, -0.2) is 28.3 Å². The number of hydrogen-bond donors (Lipinski definition) is 1. The van der Waals surface area contributed by atoms with Crippen molar-refractivity contribution in [2.45, 2.75) is 43.9 Å². The van der Waals surface area contributed by atoms with Gasteiger partial charge in [0.2, 0.25) is 5.91 Å². The molecule has 2 nitrogen and oxygen atoms in total. The van der Waals surface area contributed by atoms with Gasteiger partial charge in [-0.2, -0.15) is 0 Å². The molecule has 0 aromatic heterocycles. The molecule has 0 radical (unpaired) electrons. The Bertz CT molecular complexity index is 200. The van der Waals surface area contributed by atoms with Crippen molar-refractivity contribution in [2.24, 2.45) is 0 Å². The van der Waals surface area contributed by atoms with Gasteiger partial charge >= 0.3 is 0 Å². The molecule has 4 heteroatoms. The maximum absolute atomic E-state index is 11.8. The lowest BCUT2D eigenvalue weighted by Crippen LogP contribution is -2.49. The second-order valence-corrected chi connectivity index (χ2v) is 5.62. The summed E-state index contributed by atoms with van der Waals surface area (Å²) < 4.78 is 0. The fraction of sp³-hybridized carbons (Fsp3) is 0.900. The average molecular weight is 236 g/mol. The van der Waals surface area contributed by atoms with Gasteiger partial charge in [0.1, 0.15) is 0 Å². The predicted molar refractivity (Wildman–Crippen MR) is 63.0 cm³/mol. The molecule has 1 rings (SSSR count). The molecule has 82 valence electrons. The Morgan fingerprint density at radius 2 is 2.43 bits per heavy atom. The third-order valence-corrected chi connectivity index (χ3v) is 4.69. The number of hydrogen-bond acceptors (Lipinski definition) is 2. The van der Waals surface area contributed by atoms with Crippen molar-refractivity contribution >= 4 is 29.3 Å². The zero-order valence-electron chi connectivity index (χ0n) is 8.81. The van der Waals surface area contributed by atoms with Gasteiger partial charge in [0.15, 0.2) is 0 Å². The fourth-order valence-corrected chi connectivity index (χ4v) is 2.80. The van der Waals surface area contributed by atoms with Gasteiger partial charge in [0.05, 0.1) is 10.8 Å². The van der Waals surface area contributed by atoms with Crippen LogP contribution in [0.1, 0.15) is 33.1 Å². The van der Waals surface area contributed by atoms with Crippen molar-refractivity contribution in [1.82, 2.24) is 5.32 Å². The van der Waals surface area contributed by atoms with Crippen molar-refractivity contribution < 1.29 is 4.79 Å². The van der Waals surface area contributed by atoms with Crippen LogP contribution in [0.15, 0.2) is 0 Å². The molecule has 14 heavy (non-hydrogen) atoms. The second-order valence-electron chi connectivity index (χ2n) is 4.04. The van der Waals surface area contributed by atoms with Crippen molar-refractivity contribution in [3.05, 3.63) is 0 Å². The van der Waals surface area contributed by atoms with Crippen molar-refractivity contribution in [2.75, 3.05) is 11.6 Å². The van der Waals surface area contributed by atoms with Crippen molar-refractivity contribution in [1.29, 1.82) is 0 Å². The molecule has 1 N–H and O–H groups in total. The smallest absolute Gasteiger partial charge is 0.233 e. The van der Waals surface area contributed by atoms with Crippen LogP contribution >= 0.6 is 23.4 Å². The lowest BCUT2D eigenvalue weighted by molar-refractivity contribution is -0.122. The van der Waals surface area contributed by atoms with Crippen LogP contribution in [0, 0.1) is 0 Å². The fourth-order valence-electron chi connectivity index (χ4n) is 1.38. The summed E-state index contributed by atoms with van der Waals surface area (Å²) >= 11 is 7.60. The summed E-state index contributed by atoms with van der Waals surface area (Å²) in [4.78, 5) is 11.8. The largest absolute Gasteiger partial charge is 0.349 e. The van der Waals surface area contributed by atoms with Gasteiger partial charge < -0.3 is 5.32 Å². The van der Waals surface area contributed by atoms with E-state index in [0.717, 1.165) is 25.0 Å². The molecule has 1 fully saturated rings. The number of amides is 1. The van der Waals surface area contributed by atoms with E-state index in [0.29, 0.717) is 5.88 Å². The van der Waals surface area contributed by atoms with E-state index in [1.165, 1.54) is 0 Å². The number of nitrogens with one attached hydrogen (secondary N) is 1. The minimum absolute atomic E-state index is 0.157. The summed E-state index contributed by atoms with van der Waals surface area (Å²) in [6.45, 7) is 4.04. The number of carbonyl (C=O) groups excluding carboxylic acids is 1. The molecule has 0 aromatic rings. The maximum Gasteiger partial charge on any atom is 0.233 e. The summed E-state index contributed by atoms with van der Waals surface area (Å²) in [6.07, 6.45) is 3.05. The molecule has 0 saturated carbocycles. The number of thioether (sulfide) groups is 1. The molecule has 0 bridgehead atoms. The Morgan fingerprint density at radius 3 is 2.86 bits per heavy atom. The molecule has 1 heterocycles. The number of carbonyl (C=O) groups is 1. The topological polar surface area (TPSA) is 29.1 Å². The zero-order chi connectivity index (χ0) is 10.6. The van der Waals surface area contributed by atoms with E-state index in [9.17, 15) is 4.79 Å². The number of alkyl halides is 1. The monoisotopic (exact) mass is 235 g/mol. The number of halogens is 1. The van der Waals surface area contributed by atoms with E-state index < -0.39 is 0 Å². The first-order valence-corrected chi connectivity index (χ1v) is 6.69. The van der Waals surface area contributed by atoms with E-state index in [-0.39, 0.29) is 16.7 Å². The van der Waals surface area contributed by atoms with Gasteiger partial charge in [0.25, 0.3) is 0 Å². The van der Waals surface area contributed by atoms with E-state index in [2.05, 4.69) is 5.32 Å². The van der Waals surface area contributed by atoms with E-state index in [1.807, 2.05) is 13.8 Å². The van der Waals surface area contributed by atoms with Crippen LogP contribution in [0.25, 0.3) is 0 Å². The molecule has 0 spiro atoms. The minimum Gasteiger partial charge on any atom is -0.349 e. The Kier molecular flexibility index (Phi) is 4.58. The van der Waals surface area contributed by atoms with Crippen molar-refractivity contribution in [3.8, 4) is 0 Å². The molecule has 1 aliphatic rings. The minimum atomic E-state index is -0.234. The lowest BCUT2D eigenvalue weighted by atomic mass is 10.0. The SMILES string of the molecule is CCC(C)(CCl)NC(=O)C1CCCS1. The predicted octanol–water partition coefficient (Wildman–Crippen LogP) is 2.41. The molecule has 1 aliphatic heterocycles. The summed E-state index contributed by atoms with van der Waals surface area (Å²) in [5.74, 6) is 1.76. The summed E-state index contributed by atoms with van der Waals surface area (Å²) in [7, 11) is 0. The van der Waals surface area contributed by atoms with Crippen LogP contribution in [-0.2, 0) is 4.79 Å². The molecule has 1 saturated heterocycles. The van der Waals surface area contributed by atoms with Crippen LogP contribution in [0.2, 0.25) is 0 Å². The van der Waals surface area contributed by atoms with Crippen LogP contribution in [0.5, 0.6) is 0 Å². The van der Waals surface area contributed by atoms with Crippen LogP contribution in [0.3, 0.4) is 0 Å². The maximum atomic E-state index is 11.8. The van der Waals surface area contributed by atoms with E-state index in [4.69, 9.17) is 11.6 Å². The lowest BCUT2D eigenvalue weighted by Gasteiger charge is -2.28. The average Bonchev–Trinajstić information content (AvgIpc) is 2.70. The summed E-state index contributed by atoms with van der Waals surface area (Å²) in [5, 5.41) is 3.20. The standard InChI is InChI=1S/C10H18ClNOS/c1-3-10(2,7-11)12-9(13)8-5-4-6-14-8/h8H,3-7H2,1-2H3,(H,12,13). The Morgan fingerprint density at radius 1 is 1.71 bits per heavy atom. The Hall–Kier alpha value is 0.110. The molecule has 1 amide bonds. The highest BCUT2D eigenvalue weighted by Gasteiger charge is 2.29. The molecule has 0 aliphatic carbocycles. The molecular formula is C10H18ClNOS. The van der Waals surface area contributed by atoms with Crippen LogP contribution in [0.4, 0.5) is 0 Å². The first-order chi connectivity index (χ1) is 6.61. The van der Waals surface area contributed by atoms with Gasteiger partial charge in [-0.3, -0.25) is 4.79 Å². The third kappa shape index (κ3) is 3.06. The van der Waals surface area contributed by atoms with Gasteiger partial charge in [-0.1, -0.05) is 6.92 Å². The number of rotatable bonds is 4. The van der Waals surface area contributed by atoms with E-state index >= 15 is 0 Å². The third-order valence-electron chi connectivity index (χ3n) is 2.72. The van der Waals surface area contributed by atoms with Gasteiger partial charge in [-0.05, 0) is 31.9 Å².